The second-order valence-corrected chi connectivity index (χ2v) is 8.56. The lowest BCUT2D eigenvalue weighted by atomic mass is 9.85. The summed E-state index contributed by atoms with van der Waals surface area (Å²) >= 11 is 0. The second-order valence-electron chi connectivity index (χ2n) is 8.56. The molecule has 2 nitrogen and oxygen atoms in total. The fraction of sp³-hybridized carbons (Fsp3) is 0.0968. The van der Waals surface area contributed by atoms with Crippen molar-refractivity contribution in [2.75, 3.05) is 0 Å². The summed E-state index contributed by atoms with van der Waals surface area (Å²) in [6, 6.07) is 32.4. The summed E-state index contributed by atoms with van der Waals surface area (Å²) in [6.07, 6.45) is 7.43. The van der Waals surface area contributed by atoms with E-state index in [2.05, 4.69) is 103 Å². The van der Waals surface area contributed by atoms with Crippen molar-refractivity contribution in [3.8, 4) is 44.5 Å². The van der Waals surface area contributed by atoms with Crippen molar-refractivity contribution in [3.05, 3.63) is 121 Å². The Hall–Kier alpha value is -4.04. The van der Waals surface area contributed by atoms with Crippen molar-refractivity contribution < 1.29 is 0 Å². The molecule has 2 heteroatoms. The molecule has 0 atom stereocenters. The largest absolute Gasteiger partial charge is 0.264 e. The molecular formula is C31H26N2. The first-order chi connectivity index (χ1) is 16.2. The molecule has 0 aliphatic rings. The Morgan fingerprint density at radius 2 is 0.879 bits per heavy atom. The maximum absolute atomic E-state index is 4.25. The van der Waals surface area contributed by atoms with Gasteiger partial charge in [0.25, 0.3) is 0 Å². The standard InChI is InChI=1S/C31H26N2/c1-22(2)31-29(25-14-10-23(11-15-25)27-6-4-18-32-20-27)8-3-9-30(31)26-16-12-24(13-17-26)28-7-5-19-33-21-28/h3-22H,1-2H3. The molecule has 0 amide bonds. The maximum atomic E-state index is 4.25. The molecule has 0 spiro atoms. The van der Waals surface area contributed by atoms with Crippen molar-refractivity contribution >= 4 is 0 Å². The Balaban J connectivity index is 1.53. The van der Waals surface area contributed by atoms with Crippen molar-refractivity contribution in [3.63, 3.8) is 0 Å². The zero-order valence-electron chi connectivity index (χ0n) is 18.9. The van der Waals surface area contributed by atoms with Crippen LogP contribution >= 0.6 is 0 Å². The highest BCUT2D eigenvalue weighted by atomic mass is 14.6. The molecule has 0 saturated carbocycles. The molecular weight excluding hydrogens is 400 g/mol. The van der Waals surface area contributed by atoms with Crippen molar-refractivity contribution in [2.45, 2.75) is 19.8 Å². The van der Waals surface area contributed by atoms with E-state index < -0.39 is 0 Å². The molecule has 5 rings (SSSR count). The van der Waals surface area contributed by atoms with Crippen LogP contribution in [0.25, 0.3) is 44.5 Å². The summed E-state index contributed by atoms with van der Waals surface area (Å²) in [7, 11) is 0. The summed E-state index contributed by atoms with van der Waals surface area (Å²) in [5, 5.41) is 0. The van der Waals surface area contributed by atoms with Gasteiger partial charge in [-0.15, -0.1) is 0 Å². The molecule has 0 saturated heterocycles. The van der Waals surface area contributed by atoms with Gasteiger partial charge in [0, 0.05) is 24.8 Å². The van der Waals surface area contributed by atoms with Gasteiger partial charge in [0.2, 0.25) is 0 Å². The van der Waals surface area contributed by atoms with Crippen LogP contribution in [0.1, 0.15) is 25.3 Å². The van der Waals surface area contributed by atoms with E-state index in [1.807, 2.05) is 36.9 Å². The van der Waals surface area contributed by atoms with E-state index in [-0.39, 0.29) is 0 Å². The van der Waals surface area contributed by atoms with Gasteiger partial charge in [0.05, 0.1) is 0 Å². The zero-order chi connectivity index (χ0) is 22.6. The van der Waals surface area contributed by atoms with E-state index in [9.17, 15) is 0 Å². The minimum Gasteiger partial charge on any atom is -0.264 e. The fourth-order valence-electron chi connectivity index (χ4n) is 4.44. The van der Waals surface area contributed by atoms with Gasteiger partial charge in [0.15, 0.2) is 0 Å². The molecule has 2 heterocycles. The van der Waals surface area contributed by atoms with E-state index in [1.54, 1.807) is 0 Å². The Morgan fingerprint density at radius 3 is 1.24 bits per heavy atom. The minimum atomic E-state index is 0.396. The van der Waals surface area contributed by atoms with Crippen molar-refractivity contribution in [1.29, 1.82) is 0 Å². The van der Waals surface area contributed by atoms with Gasteiger partial charge in [-0.05, 0) is 68.1 Å². The van der Waals surface area contributed by atoms with Crippen LogP contribution in [-0.2, 0) is 0 Å². The van der Waals surface area contributed by atoms with Gasteiger partial charge in [-0.1, -0.05) is 92.7 Å². The van der Waals surface area contributed by atoms with E-state index in [0.717, 1.165) is 11.1 Å². The van der Waals surface area contributed by atoms with Crippen LogP contribution in [-0.4, -0.2) is 9.97 Å². The van der Waals surface area contributed by atoms with Crippen LogP contribution < -0.4 is 0 Å². The first-order valence-corrected chi connectivity index (χ1v) is 11.4. The van der Waals surface area contributed by atoms with Crippen LogP contribution in [0.15, 0.2) is 116 Å². The SMILES string of the molecule is CC(C)c1c(-c2ccc(-c3cccnc3)cc2)cccc1-c1ccc(-c2cccnc2)cc1. The Bertz CT molecular complexity index is 1240. The summed E-state index contributed by atoms with van der Waals surface area (Å²) in [6.45, 7) is 4.55. The highest BCUT2D eigenvalue weighted by molar-refractivity contribution is 5.81. The predicted octanol–water partition coefficient (Wildman–Crippen LogP) is 8.27. The Morgan fingerprint density at radius 1 is 0.455 bits per heavy atom. The summed E-state index contributed by atoms with van der Waals surface area (Å²) in [4.78, 5) is 8.49. The topological polar surface area (TPSA) is 25.8 Å². The molecule has 2 aromatic heterocycles. The minimum absolute atomic E-state index is 0.396. The lowest BCUT2D eigenvalue weighted by Crippen LogP contribution is -1.97. The average molecular weight is 427 g/mol. The molecule has 0 aliphatic heterocycles. The van der Waals surface area contributed by atoms with Gasteiger partial charge in [0.1, 0.15) is 0 Å². The van der Waals surface area contributed by atoms with Crippen LogP contribution in [0.2, 0.25) is 0 Å². The number of hydrogen-bond donors (Lipinski definition) is 0. The normalized spacial score (nSPS) is 11.0. The number of rotatable bonds is 5. The lowest BCUT2D eigenvalue weighted by Gasteiger charge is -2.19. The van der Waals surface area contributed by atoms with Gasteiger partial charge in [-0.3, -0.25) is 9.97 Å². The number of hydrogen-bond acceptors (Lipinski definition) is 2. The van der Waals surface area contributed by atoms with Crippen molar-refractivity contribution in [1.82, 2.24) is 9.97 Å². The third-order valence-corrected chi connectivity index (χ3v) is 6.07. The molecule has 3 aromatic carbocycles. The number of nitrogens with zero attached hydrogens (tertiary/aromatic N) is 2. The van der Waals surface area contributed by atoms with Gasteiger partial charge in [-0.25, -0.2) is 0 Å². The molecule has 0 unspecified atom stereocenters. The summed E-state index contributed by atoms with van der Waals surface area (Å²) < 4.78 is 0. The third kappa shape index (κ3) is 4.33. The first-order valence-electron chi connectivity index (χ1n) is 11.4. The Kier molecular flexibility index (Phi) is 5.82. The summed E-state index contributed by atoms with van der Waals surface area (Å²) in [5.74, 6) is 0.396. The highest BCUT2D eigenvalue weighted by Crippen LogP contribution is 2.38. The molecule has 160 valence electrons. The Labute approximate surface area is 195 Å². The van der Waals surface area contributed by atoms with Gasteiger partial charge < -0.3 is 0 Å². The van der Waals surface area contributed by atoms with E-state index >= 15 is 0 Å². The van der Waals surface area contributed by atoms with Gasteiger partial charge in [-0.2, -0.15) is 0 Å². The zero-order valence-corrected chi connectivity index (χ0v) is 18.9. The maximum Gasteiger partial charge on any atom is 0.0346 e. The van der Waals surface area contributed by atoms with Crippen molar-refractivity contribution in [2.24, 2.45) is 0 Å². The first kappa shape index (κ1) is 20.8. The molecule has 0 radical (unpaired) electrons. The number of aromatic nitrogens is 2. The quantitative estimate of drug-likeness (QED) is 0.283. The molecule has 0 N–H and O–H groups in total. The van der Waals surface area contributed by atoms with E-state index in [1.165, 1.54) is 38.9 Å². The highest BCUT2D eigenvalue weighted by Gasteiger charge is 2.15. The van der Waals surface area contributed by atoms with Crippen LogP contribution in [0.4, 0.5) is 0 Å². The van der Waals surface area contributed by atoms with Gasteiger partial charge >= 0.3 is 0 Å². The molecule has 33 heavy (non-hydrogen) atoms. The molecule has 0 bridgehead atoms. The smallest absolute Gasteiger partial charge is 0.0346 e. The fourth-order valence-corrected chi connectivity index (χ4v) is 4.44. The number of pyridine rings is 2. The lowest BCUT2D eigenvalue weighted by molar-refractivity contribution is 0.871. The average Bonchev–Trinajstić information content (AvgIpc) is 2.89. The molecule has 0 fully saturated rings. The van der Waals surface area contributed by atoms with Crippen LogP contribution in [0, 0.1) is 0 Å². The monoisotopic (exact) mass is 426 g/mol. The predicted molar refractivity (Wildman–Crippen MR) is 138 cm³/mol. The van der Waals surface area contributed by atoms with E-state index in [4.69, 9.17) is 0 Å². The third-order valence-electron chi connectivity index (χ3n) is 6.07. The van der Waals surface area contributed by atoms with Crippen LogP contribution in [0.3, 0.4) is 0 Å². The summed E-state index contributed by atoms with van der Waals surface area (Å²) in [5.41, 5.74) is 11.1. The van der Waals surface area contributed by atoms with E-state index in [0.29, 0.717) is 5.92 Å². The van der Waals surface area contributed by atoms with Crippen LogP contribution in [0.5, 0.6) is 0 Å². The molecule has 0 aliphatic carbocycles. The molecule has 5 aromatic rings. The number of benzene rings is 3. The second kappa shape index (κ2) is 9.22.